The monoisotopic (exact) mass is 337 g/mol. The predicted octanol–water partition coefficient (Wildman–Crippen LogP) is 3.62. The molecular formula is C20H23N3O2. The van der Waals surface area contributed by atoms with Crippen LogP contribution in [-0.2, 0) is 11.3 Å². The summed E-state index contributed by atoms with van der Waals surface area (Å²) in [5.74, 6) is 1.66. The second kappa shape index (κ2) is 7.38. The molecule has 1 atom stereocenters. The maximum atomic E-state index is 11.4. The number of para-hydroxylation sites is 3. The molecule has 1 unspecified atom stereocenters. The van der Waals surface area contributed by atoms with Gasteiger partial charge in [0.2, 0.25) is 5.91 Å². The minimum atomic E-state index is -0.164. The Kier molecular flexibility index (Phi) is 5.03. The molecule has 0 saturated carbocycles. The van der Waals surface area contributed by atoms with E-state index < -0.39 is 0 Å². The number of rotatable bonds is 6. The van der Waals surface area contributed by atoms with Crippen molar-refractivity contribution < 1.29 is 9.53 Å². The first kappa shape index (κ1) is 17.0. The van der Waals surface area contributed by atoms with Crippen molar-refractivity contribution >= 4 is 16.9 Å². The van der Waals surface area contributed by atoms with Gasteiger partial charge in [-0.1, -0.05) is 30.3 Å². The molecular weight excluding hydrogens is 314 g/mol. The summed E-state index contributed by atoms with van der Waals surface area (Å²) in [7, 11) is 0. The van der Waals surface area contributed by atoms with Gasteiger partial charge in [0.1, 0.15) is 18.2 Å². The molecule has 0 aliphatic carbocycles. The van der Waals surface area contributed by atoms with Crippen molar-refractivity contribution in [1.82, 2.24) is 14.9 Å². The van der Waals surface area contributed by atoms with Crippen molar-refractivity contribution in [2.45, 2.75) is 33.4 Å². The van der Waals surface area contributed by atoms with Crippen molar-refractivity contribution in [2.24, 2.45) is 0 Å². The van der Waals surface area contributed by atoms with E-state index in [2.05, 4.69) is 9.88 Å². The van der Waals surface area contributed by atoms with Gasteiger partial charge in [0.15, 0.2) is 0 Å². The van der Waals surface area contributed by atoms with Gasteiger partial charge in [-0.15, -0.1) is 0 Å². The lowest BCUT2D eigenvalue weighted by molar-refractivity contribution is -0.119. The lowest BCUT2D eigenvalue weighted by atomic mass is 10.2. The summed E-state index contributed by atoms with van der Waals surface area (Å²) in [5.41, 5.74) is 3.08. The number of hydrogen-bond donors (Lipinski definition) is 1. The van der Waals surface area contributed by atoms with E-state index in [0.717, 1.165) is 28.2 Å². The maximum Gasteiger partial charge on any atom is 0.217 e. The molecule has 1 heterocycles. The Balaban J connectivity index is 1.83. The molecule has 0 fully saturated rings. The van der Waals surface area contributed by atoms with Crippen molar-refractivity contribution in [3.05, 3.63) is 59.9 Å². The van der Waals surface area contributed by atoms with Crippen molar-refractivity contribution in [3.8, 4) is 5.75 Å². The van der Waals surface area contributed by atoms with Gasteiger partial charge in [-0.25, -0.2) is 4.98 Å². The van der Waals surface area contributed by atoms with E-state index >= 15 is 0 Å². The fourth-order valence-corrected chi connectivity index (χ4v) is 2.99. The van der Waals surface area contributed by atoms with Gasteiger partial charge in [-0.05, 0) is 37.6 Å². The van der Waals surface area contributed by atoms with Crippen LogP contribution in [0.15, 0.2) is 48.5 Å². The lowest BCUT2D eigenvalue weighted by Gasteiger charge is -2.16. The first-order chi connectivity index (χ1) is 12.1. The highest BCUT2D eigenvalue weighted by atomic mass is 16.5. The Hall–Kier alpha value is -2.82. The van der Waals surface area contributed by atoms with Crippen LogP contribution < -0.4 is 10.1 Å². The highest BCUT2D eigenvalue weighted by molar-refractivity contribution is 5.77. The van der Waals surface area contributed by atoms with Crippen molar-refractivity contribution in [1.29, 1.82) is 0 Å². The number of ether oxygens (including phenoxy) is 1. The lowest BCUT2D eigenvalue weighted by Crippen LogP contribution is -2.27. The van der Waals surface area contributed by atoms with Gasteiger partial charge in [0.05, 0.1) is 23.6 Å². The Morgan fingerprint density at radius 1 is 1.20 bits per heavy atom. The first-order valence-corrected chi connectivity index (χ1v) is 8.47. The number of aromatic nitrogens is 2. The Labute approximate surface area is 147 Å². The number of imidazole rings is 1. The number of carbonyl (C=O) groups excluding carboxylic acids is 1. The van der Waals surface area contributed by atoms with Crippen molar-refractivity contribution in [3.63, 3.8) is 0 Å². The predicted molar refractivity (Wildman–Crippen MR) is 98.6 cm³/mol. The van der Waals surface area contributed by atoms with Crippen LogP contribution in [0.2, 0.25) is 0 Å². The molecule has 2 aromatic carbocycles. The minimum absolute atomic E-state index is 0.0673. The molecule has 1 aromatic heterocycles. The molecule has 5 nitrogen and oxygen atoms in total. The quantitative estimate of drug-likeness (QED) is 0.747. The Morgan fingerprint density at radius 2 is 1.92 bits per heavy atom. The summed E-state index contributed by atoms with van der Waals surface area (Å²) in [5, 5.41) is 2.91. The van der Waals surface area contributed by atoms with Gasteiger partial charge >= 0.3 is 0 Å². The second-order valence-corrected chi connectivity index (χ2v) is 6.15. The zero-order chi connectivity index (χ0) is 17.8. The van der Waals surface area contributed by atoms with Crippen LogP contribution in [0.3, 0.4) is 0 Å². The smallest absolute Gasteiger partial charge is 0.217 e. The largest absolute Gasteiger partial charge is 0.491 e. The van der Waals surface area contributed by atoms with Crippen molar-refractivity contribution in [2.75, 3.05) is 6.61 Å². The molecule has 1 amide bonds. The van der Waals surface area contributed by atoms with Crippen LogP contribution in [-0.4, -0.2) is 22.1 Å². The molecule has 0 spiro atoms. The van der Waals surface area contributed by atoms with E-state index in [-0.39, 0.29) is 11.9 Å². The number of aryl methyl sites for hydroxylation is 1. The summed E-state index contributed by atoms with van der Waals surface area (Å²) in [6, 6.07) is 15.8. The molecule has 0 aliphatic heterocycles. The number of hydrogen-bond acceptors (Lipinski definition) is 3. The molecule has 0 aliphatic rings. The average Bonchev–Trinajstić information content (AvgIpc) is 2.95. The van der Waals surface area contributed by atoms with E-state index in [1.54, 1.807) is 0 Å². The summed E-state index contributed by atoms with van der Waals surface area (Å²) in [6.45, 7) is 6.69. The zero-order valence-corrected chi connectivity index (χ0v) is 14.8. The van der Waals surface area contributed by atoms with E-state index in [1.165, 1.54) is 6.92 Å². The van der Waals surface area contributed by atoms with Crippen LogP contribution >= 0.6 is 0 Å². The number of carbonyl (C=O) groups is 1. The molecule has 130 valence electrons. The number of fused-ring (bicyclic) bond motifs is 1. The van der Waals surface area contributed by atoms with Gasteiger partial charge in [-0.2, -0.15) is 0 Å². The van der Waals surface area contributed by atoms with Crippen LogP contribution in [0.1, 0.15) is 31.3 Å². The zero-order valence-electron chi connectivity index (χ0n) is 14.8. The first-order valence-electron chi connectivity index (χ1n) is 8.47. The summed E-state index contributed by atoms with van der Waals surface area (Å²) in [4.78, 5) is 16.1. The standard InChI is InChI=1S/C20H23N3O2/c1-14-8-4-7-11-19(14)25-13-12-23-18-10-6-5-9-17(18)22-20(23)15(2)21-16(3)24/h4-11,15H,12-13H2,1-3H3,(H,21,24). The van der Waals surface area contributed by atoms with Gasteiger partial charge in [0, 0.05) is 6.92 Å². The molecule has 5 heteroatoms. The normalized spacial score (nSPS) is 12.1. The third-order valence-electron chi connectivity index (χ3n) is 4.16. The number of amides is 1. The third-order valence-corrected chi connectivity index (χ3v) is 4.16. The van der Waals surface area contributed by atoms with E-state index in [0.29, 0.717) is 13.2 Å². The van der Waals surface area contributed by atoms with E-state index in [4.69, 9.17) is 9.72 Å². The number of nitrogens with one attached hydrogen (secondary N) is 1. The minimum Gasteiger partial charge on any atom is -0.491 e. The Bertz CT molecular complexity index is 886. The van der Waals surface area contributed by atoms with Crippen LogP contribution in [0.5, 0.6) is 5.75 Å². The molecule has 25 heavy (non-hydrogen) atoms. The number of nitrogens with zero attached hydrogens (tertiary/aromatic N) is 2. The molecule has 3 aromatic rings. The van der Waals surface area contributed by atoms with Gasteiger partial charge < -0.3 is 14.6 Å². The number of benzene rings is 2. The molecule has 1 N–H and O–H groups in total. The highest BCUT2D eigenvalue weighted by Gasteiger charge is 2.17. The SMILES string of the molecule is CC(=O)NC(C)c1nc2ccccc2n1CCOc1ccccc1C. The Morgan fingerprint density at radius 3 is 2.68 bits per heavy atom. The fourth-order valence-electron chi connectivity index (χ4n) is 2.99. The second-order valence-electron chi connectivity index (χ2n) is 6.15. The van der Waals surface area contributed by atoms with Crippen LogP contribution in [0.25, 0.3) is 11.0 Å². The van der Waals surface area contributed by atoms with E-state index in [9.17, 15) is 4.79 Å². The molecule has 0 radical (unpaired) electrons. The summed E-state index contributed by atoms with van der Waals surface area (Å²) >= 11 is 0. The van der Waals surface area contributed by atoms with E-state index in [1.807, 2.05) is 62.4 Å². The molecule has 0 saturated heterocycles. The average molecular weight is 337 g/mol. The van der Waals surface area contributed by atoms with Crippen LogP contribution in [0, 0.1) is 6.92 Å². The van der Waals surface area contributed by atoms with Gasteiger partial charge in [0.25, 0.3) is 0 Å². The summed E-state index contributed by atoms with van der Waals surface area (Å²) < 4.78 is 8.06. The highest BCUT2D eigenvalue weighted by Crippen LogP contribution is 2.21. The fraction of sp³-hybridized carbons (Fsp3) is 0.300. The molecule has 0 bridgehead atoms. The topological polar surface area (TPSA) is 56.2 Å². The molecule has 3 rings (SSSR count). The third kappa shape index (κ3) is 3.82. The van der Waals surface area contributed by atoms with Crippen LogP contribution in [0.4, 0.5) is 0 Å². The van der Waals surface area contributed by atoms with Gasteiger partial charge in [-0.3, -0.25) is 4.79 Å². The maximum absolute atomic E-state index is 11.4. The summed E-state index contributed by atoms with van der Waals surface area (Å²) in [6.07, 6.45) is 0.